The van der Waals surface area contributed by atoms with Gasteiger partial charge < -0.3 is 0 Å². The summed E-state index contributed by atoms with van der Waals surface area (Å²) in [5, 5.41) is -1.57. The van der Waals surface area contributed by atoms with Crippen molar-refractivity contribution in [3.63, 3.8) is 0 Å². The molecule has 0 rings (SSSR count). The Bertz CT molecular complexity index is 200. The van der Waals surface area contributed by atoms with Crippen LogP contribution in [0.3, 0.4) is 0 Å². The van der Waals surface area contributed by atoms with Crippen LogP contribution in [0.5, 0.6) is 0 Å². The summed E-state index contributed by atoms with van der Waals surface area (Å²) in [6, 6.07) is 0. The fraction of sp³-hybridized carbons (Fsp3) is 1.00. The van der Waals surface area contributed by atoms with E-state index in [2.05, 4.69) is 42.9 Å². The van der Waals surface area contributed by atoms with Gasteiger partial charge in [-0.1, -0.05) is 0 Å². The van der Waals surface area contributed by atoms with Crippen molar-refractivity contribution in [2.45, 2.75) is 97.8 Å². The van der Waals surface area contributed by atoms with Crippen molar-refractivity contribution >= 4 is 20.8 Å². The van der Waals surface area contributed by atoms with Gasteiger partial charge in [-0.15, -0.1) is 0 Å². The number of hydrogen-bond donors (Lipinski definition) is 0. The molecule has 0 aromatic carbocycles. The Balaban J connectivity index is 4.32. The van der Waals surface area contributed by atoms with Crippen LogP contribution in [0, 0.1) is 0 Å². The number of hydrogen-bond acceptors (Lipinski definition) is 0. The van der Waals surface area contributed by atoms with E-state index in [0.29, 0.717) is 0 Å². The van der Waals surface area contributed by atoms with E-state index in [9.17, 15) is 0 Å². The van der Waals surface area contributed by atoms with E-state index < -0.39 is 5.31 Å². The molecule has 0 aromatic rings. The third kappa shape index (κ3) is 12.1. The minimum atomic E-state index is -1.57. The van der Waals surface area contributed by atoms with Crippen molar-refractivity contribution in [2.24, 2.45) is 0 Å². The maximum absolute atomic E-state index is 4.38. The number of halogens is 1. The van der Waals surface area contributed by atoms with Gasteiger partial charge in [-0.05, 0) is 0 Å². The summed E-state index contributed by atoms with van der Waals surface area (Å²) in [6.07, 6.45) is 21.5. The Morgan fingerprint density at radius 2 is 0.810 bits per heavy atom. The van der Waals surface area contributed by atoms with Crippen molar-refractivity contribution in [3.8, 4) is 0 Å². The quantitative estimate of drug-likeness (QED) is 0.198. The Morgan fingerprint density at radius 1 is 0.524 bits per heavy atom. The van der Waals surface area contributed by atoms with Crippen molar-refractivity contribution < 1.29 is 0 Å². The molecular formula is C19H42BrP. The second-order valence-electron chi connectivity index (χ2n) is 7.50. The molecule has 0 bridgehead atoms. The molecule has 2 heteroatoms. The van der Waals surface area contributed by atoms with Crippen LogP contribution >= 0.6 is 20.8 Å². The van der Waals surface area contributed by atoms with E-state index >= 15 is 0 Å². The fourth-order valence-electron chi connectivity index (χ4n) is 3.28. The molecule has 0 fully saturated rings. The number of rotatable bonds is 15. The topological polar surface area (TPSA) is 0 Å². The average Bonchev–Trinajstić information content (AvgIpc) is 2.45. The summed E-state index contributed by atoms with van der Waals surface area (Å²) < 4.78 is 0. The van der Waals surface area contributed by atoms with Crippen LogP contribution in [0.1, 0.15) is 97.8 Å². The summed E-state index contributed by atoms with van der Waals surface area (Å²) >= 11 is 4.38. The molecule has 0 radical (unpaired) electrons. The molecular weight excluding hydrogens is 339 g/mol. The zero-order valence-electron chi connectivity index (χ0n) is 15.4. The SMILES string of the molecule is CCCCCCP(C)(Br)(CCCCCC)CCCCCC. The van der Waals surface area contributed by atoms with E-state index in [1.54, 1.807) is 0 Å². The van der Waals surface area contributed by atoms with Gasteiger partial charge in [0.25, 0.3) is 0 Å². The monoisotopic (exact) mass is 380 g/mol. The number of unbranched alkanes of at least 4 members (excludes halogenated alkanes) is 9. The van der Waals surface area contributed by atoms with Crippen LogP contribution in [-0.2, 0) is 0 Å². The second kappa shape index (κ2) is 12.3. The van der Waals surface area contributed by atoms with Gasteiger partial charge in [-0.25, -0.2) is 0 Å². The van der Waals surface area contributed by atoms with Crippen LogP contribution in [0.2, 0.25) is 0 Å². The van der Waals surface area contributed by atoms with Crippen LogP contribution in [0.15, 0.2) is 0 Å². The van der Waals surface area contributed by atoms with Gasteiger partial charge in [0, 0.05) is 0 Å². The first-order valence-electron chi connectivity index (χ1n) is 9.69. The van der Waals surface area contributed by atoms with Gasteiger partial charge in [-0.2, -0.15) is 0 Å². The summed E-state index contributed by atoms with van der Waals surface area (Å²) in [5.41, 5.74) is 0. The molecule has 0 spiro atoms. The Labute approximate surface area is 143 Å². The molecule has 0 N–H and O–H groups in total. The third-order valence-corrected chi connectivity index (χ3v) is 12.8. The van der Waals surface area contributed by atoms with Gasteiger partial charge in [0.1, 0.15) is 0 Å². The van der Waals surface area contributed by atoms with Gasteiger partial charge in [0.2, 0.25) is 0 Å². The minimum absolute atomic E-state index is 1.36. The molecule has 0 amide bonds. The van der Waals surface area contributed by atoms with Gasteiger partial charge in [0.15, 0.2) is 0 Å². The summed E-state index contributed by atoms with van der Waals surface area (Å²) in [6.45, 7) is 9.59. The molecule has 0 nitrogen and oxygen atoms in total. The first-order valence-corrected chi connectivity index (χ1v) is 14.9. The molecule has 0 aliphatic heterocycles. The zero-order valence-corrected chi connectivity index (χ0v) is 17.9. The molecule has 0 aliphatic rings. The molecule has 0 unspecified atom stereocenters. The van der Waals surface area contributed by atoms with Gasteiger partial charge in [-0.3, -0.25) is 0 Å². The molecule has 0 atom stereocenters. The standard InChI is InChI=1S/C19H42BrP/c1-5-8-11-14-17-21(4,20,18-15-12-9-6-2)19-16-13-10-7-3/h5-19H2,1-4H3. The van der Waals surface area contributed by atoms with E-state index in [1.807, 2.05) is 0 Å². The Hall–Kier alpha value is 0.910. The summed E-state index contributed by atoms with van der Waals surface area (Å²) in [7, 11) is 0. The average molecular weight is 381 g/mol. The van der Waals surface area contributed by atoms with Crippen molar-refractivity contribution in [1.29, 1.82) is 0 Å². The van der Waals surface area contributed by atoms with Crippen LogP contribution in [0.4, 0.5) is 0 Å². The van der Waals surface area contributed by atoms with Crippen LogP contribution in [0.25, 0.3) is 0 Å². The van der Waals surface area contributed by atoms with Crippen LogP contribution < -0.4 is 0 Å². The molecule has 130 valence electrons. The normalized spacial score (nSPS) is 14.0. The Morgan fingerprint density at radius 3 is 1.05 bits per heavy atom. The van der Waals surface area contributed by atoms with Gasteiger partial charge >= 0.3 is 144 Å². The third-order valence-electron chi connectivity index (χ3n) is 4.91. The molecule has 0 saturated heterocycles. The van der Waals surface area contributed by atoms with Crippen molar-refractivity contribution in [3.05, 3.63) is 0 Å². The summed E-state index contributed by atoms with van der Waals surface area (Å²) in [5.74, 6) is 0. The second-order valence-corrected chi connectivity index (χ2v) is 19.8. The van der Waals surface area contributed by atoms with Crippen molar-refractivity contribution in [1.82, 2.24) is 0 Å². The summed E-state index contributed by atoms with van der Waals surface area (Å²) in [4.78, 5) is 0. The zero-order chi connectivity index (χ0) is 16.1. The first-order chi connectivity index (χ1) is 9.96. The Kier molecular flexibility index (Phi) is 12.9. The van der Waals surface area contributed by atoms with Crippen molar-refractivity contribution in [2.75, 3.05) is 25.2 Å². The molecule has 0 aliphatic carbocycles. The predicted molar refractivity (Wildman–Crippen MR) is 109 cm³/mol. The predicted octanol–water partition coefficient (Wildman–Crippen LogP) is 8.22. The van der Waals surface area contributed by atoms with Gasteiger partial charge in [0.05, 0.1) is 0 Å². The first kappa shape index (κ1) is 21.9. The fourth-order valence-corrected chi connectivity index (χ4v) is 9.52. The van der Waals surface area contributed by atoms with E-state index in [1.165, 1.54) is 95.5 Å². The maximum atomic E-state index is 4.38. The molecule has 21 heavy (non-hydrogen) atoms. The van der Waals surface area contributed by atoms with E-state index in [4.69, 9.17) is 0 Å². The van der Waals surface area contributed by atoms with E-state index in [0.717, 1.165) is 0 Å². The molecule has 0 heterocycles. The molecule has 0 aromatic heterocycles. The van der Waals surface area contributed by atoms with Crippen LogP contribution in [-0.4, -0.2) is 25.2 Å². The molecule has 0 saturated carbocycles. The van der Waals surface area contributed by atoms with E-state index in [-0.39, 0.29) is 0 Å².